The summed E-state index contributed by atoms with van der Waals surface area (Å²) in [6.07, 6.45) is 2.60. The second-order valence-electron chi connectivity index (χ2n) is 5.38. The lowest BCUT2D eigenvalue weighted by Crippen LogP contribution is -2.25. The molecule has 21 heavy (non-hydrogen) atoms. The molecule has 0 atom stereocenters. The number of hydrogen-bond donors (Lipinski definition) is 1. The summed E-state index contributed by atoms with van der Waals surface area (Å²) in [6.45, 7) is 1.85. The second-order valence-corrected chi connectivity index (χ2v) is 6.16. The zero-order valence-corrected chi connectivity index (χ0v) is 12.8. The van der Waals surface area contributed by atoms with Crippen molar-refractivity contribution < 1.29 is 5.11 Å². The van der Waals surface area contributed by atoms with E-state index in [1.165, 1.54) is 24.0 Å². The quantitative estimate of drug-likeness (QED) is 0.856. The Morgan fingerprint density at radius 3 is 2.76 bits per heavy atom. The van der Waals surface area contributed by atoms with Gasteiger partial charge < -0.3 is 5.11 Å². The lowest BCUT2D eigenvalue weighted by atomic mass is 10.1. The maximum atomic E-state index is 8.89. The van der Waals surface area contributed by atoms with E-state index >= 15 is 0 Å². The van der Waals surface area contributed by atoms with Crippen LogP contribution in [0.15, 0.2) is 41.1 Å². The summed E-state index contributed by atoms with van der Waals surface area (Å²) in [5, 5.41) is 13.3. The van der Waals surface area contributed by atoms with E-state index in [2.05, 4.69) is 45.7 Å². The molecule has 1 aliphatic rings. The van der Waals surface area contributed by atoms with Crippen LogP contribution < -0.4 is 0 Å². The Bertz CT molecular complexity index is 635. The van der Waals surface area contributed by atoms with Gasteiger partial charge in [0.2, 0.25) is 0 Å². The Morgan fingerprint density at radius 2 is 2.05 bits per heavy atom. The van der Waals surface area contributed by atoms with Crippen molar-refractivity contribution in [3.05, 3.63) is 57.8 Å². The first kappa shape index (κ1) is 14.3. The number of hydrogen-bond acceptors (Lipinski definition) is 3. The topological polar surface area (TPSA) is 23.5 Å². The minimum absolute atomic E-state index is 0.0877. The van der Waals surface area contributed by atoms with Crippen LogP contribution in [0.2, 0.25) is 0 Å². The molecule has 0 aliphatic heterocycles. The minimum atomic E-state index is -0.0877. The highest BCUT2D eigenvalue weighted by Gasteiger charge is 2.29. The lowest BCUT2D eigenvalue weighted by Gasteiger charge is -2.22. The molecule has 0 amide bonds. The third-order valence-corrected chi connectivity index (χ3v) is 4.45. The molecule has 3 rings (SSSR count). The molecular weight excluding hydrogens is 278 g/mol. The third-order valence-electron chi connectivity index (χ3n) is 3.72. The molecule has 1 saturated carbocycles. The van der Waals surface area contributed by atoms with Gasteiger partial charge in [-0.2, -0.15) is 11.3 Å². The number of benzene rings is 1. The van der Waals surface area contributed by atoms with Crippen LogP contribution in [0.4, 0.5) is 0 Å². The summed E-state index contributed by atoms with van der Waals surface area (Å²) in [6, 6.07) is 11.2. The van der Waals surface area contributed by atoms with Crippen molar-refractivity contribution >= 4 is 11.3 Å². The summed E-state index contributed by atoms with van der Waals surface area (Å²) in [4.78, 5) is 2.54. The van der Waals surface area contributed by atoms with Gasteiger partial charge in [0.25, 0.3) is 0 Å². The molecule has 2 aromatic rings. The third kappa shape index (κ3) is 3.95. The molecule has 0 bridgehead atoms. The summed E-state index contributed by atoms with van der Waals surface area (Å²) >= 11 is 1.76. The number of thiophene rings is 1. The van der Waals surface area contributed by atoms with Gasteiger partial charge in [0, 0.05) is 24.7 Å². The van der Waals surface area contributed by atoms with Crippen LogP contribution in [0.3, 0.4) is 0 Å². The summed E-state index contributed by atoms with van der Waals surface area (Å²) in [5.41, 5.74) is 3.67. The van der Waals surface area contributed by atoms with Crippen LogP contribution in [0.1, 0.15) is 29.5 Å². The molecule has 1 fully saturated rings. The SMILES string of the molecule is OCC#Cc1ccccc1CN(Cc1ccsc1)C1CC1. The second kappa shape index (κ2) is 6.91. The maximum absolute atomic E-state index is 8.89. The maximum Gasteiger partial charge on any atom is 0.104 e. The van der Waals surface area contributed by atoms with Crippen molar-refractivity contribution in [3.63, 3.8) is 0 Å². The predicted octanol–water partition coefficient (Wildman–Crippen LogP) is 3.26. The van der Waals surface area contributed by atoms with E-state index < -0.39 is 0 Å². The fourth-order valence-corrected chi connectivity index (χ4v) is 3.16. The number of aliphatic hydroxyl groups excluding tert-OH is 1. The van der Waals surface area contributed by atoms with E-state index in [0.29, 0.717) is 6.04 Å². The Balaban J connectivity index is 1.76. The van der Waals surface area contributed by atoms with Crippen molar-refractivity contribution in [3.8, 4) is 11.8 Å². The van der Waals surface area contributed by atoms with Gasteiger partial charge in [-0.3, -0.25) is 4.90 Å². The van der Waals surface area contributed by atoms with Gasteiger partial charge in [-0.25, -0.2) is 0 Å². The number of rotatable bonds is 5. The molecule has 1 N–H and O–H groups in total. The molecule has 0 radical (unpaired) electrons. The molecule has 0 saturated heterocycles. The summed E-state index contributed by atoms with van der Waals surface area (Å²) in [7, 11) is 0. The number of aliphatic hydroxyl groups is 1. The van der Waals surface area contributed by atoms with E-state index in [0.717, 1.165) is 18.7 Å². The van der Waals surface area contributed by atoms with Crippen LogP contribution in [-0.2, 0) is 13.1 Å². The largest absolute Gasteiger partial charge is 0.384 e. The number of nitrogens with zero attached hydrogens (tertiary/aromatic N) is 1. The minimum Gasteiger partial charge on any atom is -0.384 e. The van der Waals surface area contributed by atoms with Crippen molar-refractivity contribution in [1.82, 2.24) is 4.90 Å². The Kier molecular flexibility index (Phi) is 4.72. The normalized spacial score (nSPS) is 14.0. The first-order chi connectivity index (χ1) is 10.4. The predicted molar refractivity (Wildman–Crippen MR) is 87.0 cm³/mol. The molecular formula is C18H19NOS. The van der Waals surface area contributed by atoms with E-state index in [1.54, 1.807) is 11.3 Å². The van der Waals surface area contributed by atoms with Gasteiger partial charge in [-0.15, -0.1) is 0 Å². The zero-order valence-electron chi connectivity index (χ0n) is 12.0. The molecule has 0 unspecified atom stereocenters. The van der Waals surface area contributed by atoms with Gasteiger partial charge in [-0.1, -0.05) is 30.0 Å². The highest BCUT2D eigenvalue weighted by atomic mass is 32.1. The van der Waals surface area contributed by atoms with Crippen molar-refractivity contribution in [2.75, 3.05) is 6.61 Å². The van der Waals surface area contributed by atoms with Crippen LogP contribution in [0.25, 0.3) is 0 Å². The zero-order chi connectivity index (χ0) is 14.5. The van der Waals surface area contributed by atoms with E-state index in [1.807, 2.05) is 12.1 Å². The van der Waals surface area contributed by atoms with Crippen molar-refractivity contribution in [2.24, 2.45) is 0 Å². The van der Waals surface area contributed by atoms with E-state index in [9.17, 15) is 0 Å². The smallest absolute Gasteiger partial charge is 0.104 e. The van der Waals surface area contributed by atoms with Crippen LogP contribution >= 0.6 is 11.3 Å². The lowest BCUT2D eigenvalue weighted by molar-refractivity contribution is 0.246. The Hall–Kier alpha value is -1.60. The van der Waals surface area contributed by atoms with Crippen LogP contribution in [-0.4, -0.2) is 22.7 Å². The van der Waals surface area contributed by atoms with Crippen molar-refractivity contribution in [1.29, 1.82) is 0 Å². The van der Waals surface area contributed by atoms with Gasteiger partial charge in [0.1, 0.15) is 6.61 Å². The first-order valence-corrected chi connectivity index (χ1v) is 8.24. The van der Waals surface area contributed by atoms with Gasteiger partial charge in [-0.05, 0) is 46.9 Å². The molecule has 3 heteroatoms. The average Bonchev–Trinajstić information content (AvgIpc) is 3.23. The molecule has 1 aromatic heterocycles. The Labute approximate surface area is 130 Å². The average molecular weight is 297 g/mol. The highest BCUT2D eigenvalue weighted by Crippen LogP contribution is 2.30. The van der Waals surface area contributed by atoms with E-state index in [4.69, 9.17) is 5.11 Å². The summed E-state index contributed by atoms with van der Waals surface area (Å²) in [5.74, 6) is 5.82. The Morgan fingerprint density at radius 1 is 1.19 bits per heavy atom. The van der Waals surface area contributed by atoms with Gasteiger partial charge >= 0.3 is 0 Å². The van der Waals surface area contributed by atoms with Gasteiger partial charge in [0.15, 0.2) is 0 Å². The molecule has 108 valence electrons. The van der Waals surface area contributed by atoms with Crippen molar-refractivity contribution in [2.45, 2.75) is 32.0 Å². The molecule has 1 aliphatic carbocycles. The fraction of sp³-hybridized carbons (Fsp3) is 0.333. The highest BCUT2D eigenvalue weighted by molar-refractivity contribution is 7.07. The summed E-state index contributed by atoms with van der Waals surface area (Å²) < 4.78 is 0. The molecule has 2 nitrogen and oxygen atoms in total. The molecule has 1 aromatic carbocycles. The fourth-order valence-electron chi connectivity index (χ4n) is 2.50. The standard InChI is InChI=1S/C18H19NOS/c20-10-3-6-16-4-1-2-5-17(16)13-19(18-7-8-18)12-15-9-11-21-14-15/h1-2,4-5,9,11,14,18,20H,7-8,10,12-13H2. The molecule has 1 heterocycles. The monoisotopic (exact) mass is 297 g/mol. The van der Waals surface area contributed by atoms with Crippen LogP contribution in [0.5, 0.6) is 0 Å². The molecule has 0 spiro atoms. The van der Waals surface area contributed by atoms with Crippen LogP contribution in [0, 0.1) is 11.8 Å². The van der Waals surface area contributed by atoms with Gasteiger partial charge in [0.05, 0.1) is 0 Å². The van der Waals surface area contributed by atoms with E-state index in [-0.39, 0.29) is 6.61 Å². The first-order valence-electron chi connectivity index (χ1n) is 7.29.